The van der Waals surface area contributed by atoms with Gasteiger partial charge in [-0.05, 0) is 12.8 Å². The topological polar surface area (TPSA) is 20.2 Å². The molecule has 2 heteroatoms. The van der Waals surface area contributed by atoms with Crippen LogP contribution in [-0.4, -0.2) is 22.2 Å². The standard InChI is InChI=1S/C6H12OS/c1-5-2-3-6(7)4-8-5/h5-7H,2-4H2,1H3/t5-,6-/m0/s1. The van der Waals surface area contributed by atoms with E-state index in [1.807, 2.05) is 11.8 Å². The van der Waals surface area contributed by atoms with E-state index in [9.17, 15) is 0 Å². The first kappa shape index (κ1) is 6.43. The normalized spacial score (nSPS) is 39.8. The summed E-state index contributed by atoms with van der Waals surface area (Å²) in [5, 5.41) is 9.78. The SMILES string of the molecule is C[C@H]1CC[C@H](O)CS1. The molecule has 2 atom stereocenters. The first-order valence-corrected chi connectivity index (χ1v) is 4.13. The Kier molecular flexibility index (Phi) is 2.20. The van der Waals surface area contributed by atoms with Crippen molar-refractivity contribution in [2.24, 2.45) is 0 Å². The minimum atomic E-state index is -0.0174. The van der Waals surface area contributed by atoms with Gasteiger partial charge in [0.25, 0.3) is 0 Å². The van der Waals surface area contributed by atoms with Crippen LogP contribution in [0.15, 0.2) is 0 Å². The molecule has 0 bridgehead atoms. The average molecular weight is 132 g/mol. The predicted octanol–water partition coefficient (Wildman–Crippen LogP) is 1.26. The molecule has 0 aromatic rings. The lowest BCUT2D eigenvalue weighted by Crippen LogP contribution is -2.19. The van der Waals surface area contributed by atoms with E-state index in [2.05, 4.69) is 6.92 Å². The summed E-state index contributed by atoms with van der Waals surface area (Å²) in [4.78, 5) is 0. The van der Waals surface area contributed by atoms with Crippen molar-refractivity contribution in [1.82, 2.24) is 0 Å². The Hall–Kier alpha value is 0.310. The van der Waals surface area contributed by atoms with Crippen LogP contribution < -0.4 is 0 Å². The smallest absolute Gasteiger partial charge is 0.0631 e. The Bertz CT molecular complexity index is 56.9. The van der Waals surface area contributed by atoms with Gasteiger partial charge < -0.3 is 5.11 Å². The highest BCUT2D eigenvalue weighted by atomic mass is 32.2. The molecule has 8 heavy (non-hydrogen) atoms. The van der Waals surface area contributed by atoms with E-state index < -0.39 is 0 Å². The molecule has 1 fully saturated rings. The molecule has 0 aliphatic carbocycles. The molecule has 0 aromatic heterocycles. The molecule has 0 saturated carbocycles. The molecule has 1 saturated heterocycles. The van der Waals surface area contributed by atoms with Crippen molar-refractivity contribution >= 4 is 11.8 Å². The van der Waals surface area contributed by atoms with Gasteiger partial charge in [-0.2, -0.15) is 11.8 Å². The van der Waals surface area contributed by atoms with Crippen molar-refractivity contribution in [2.75, 3.05) is 5.75 Å². The second kappa shape index (κ2) is 2.74. The zero-order valence-electron chi connectivity index (χ0n) is 5.13. The van der Waals surface area contributed by atoms with Crippen LogP contribution >= 0.6 is 11.8 Å². The number of hydrogen-bond donors (Lipinski definition) is 1. The van der Waals surface area contributed by atoms with Crippen LogP contribution in [0.25, 0.3) is 0 Å². The summed E-state index contributed by atoms with van der Waals surface area (Å²) >= 11 is 1.88. The third-order valence-electron chi connectivity index (χ3n) is 1.48. The number of thioether (sulfide) groups is 1. The summed E-state index contributed by atoms with van der Waals surface area (Å²) in [7, 11) is 0. The van der Waals surface area contributed by atoms with Crippen LogP contribution in [0.2, 0.25) is 0 Å². The molecule has 48 valence electrons. The van der Waals surface area contributed by atoms with Crippen LogP contribution in [0.1, 0.15) is 19.8 Å². The molecule has 1 aliphatic heterocycles. The van der Waals surface area contributed by atoms with Crippen molar-refractivity contribution in [1.29, 1.82) is 0 Å². The fourth-order valence-electron chi connectivity index (χ4n) is 0.869. The highest BCUT2D eigenvalue weighted by Crippen LogP contribution is 2.24. The van der Waals surface area contributed by atoms with Crippen LogP contribution in [0, 0.1) is 0 Å². The molecule has 1 N–H and O–H groups in total. The van der Waals surface area contributed by atoms with Gasteiger partial charge in [0.1, 0.15) is 0 Å². The average Bonchev–Trinajstić information content (AvgIpc) is 1.77. The van der Waals surface area contributed by atoms with Gasteiger partial charge in [0.05, 0.1) is 6.10 Å². The molecule has 1 aliphatic rings. The lowest BCUT2D eigenvalue weighted by molar-refractivity contribution is 0.182. The molecule has 1 heterocycles. The van der Waals surface area contributed by atoms with Crippen LogP contribution in [0.5, 0.6) is 0 Å². The quantitative estimate of drug-likeness (QED) is 0.535. The van der Waals surface area contributed by atoms with Crippen LogP contribution in [0.3, 0.4) is 0 Å². The van der Waals surface area contributed by atoms with E-state index in [0.29, 0.717) is 0 Å². The van der Waals surface area contributed by atoms with E-state index in [-0.39, 0.29) is 6.10 Å². The monoisotopic (exact) mass is 132 g/mol. The largest absolute Gasteiger partial charge is 0.392 e. The zero-order valence-corrected chi connectivity index (χ0v) is 5.95. The molecule has 0 radical (unpaired) electrons. The third kappa shape index (κ3) is 1.67. The number of aliphatic hydroxyl groups excluding tert-OH is 1. The van der Waals surface area contributed by atoms with Crippen molar-refractivity contribution in [3.05, 3.63) is 0 Å². The Balaban J connectivity index is 2.19. The van der Waals surface area contributed by atoms with Gasteiger partial charge in [0, 0.05) is 11.0 Å². The number of rotatable bonds is 0. The molecule has 1 nitrogen and oxygen atoms in total. The van der Waals surface area contributed by atoms with Crippen LogP contribution in [0.4, 0.5) is 0 Å². The highest BCUT2D eigenvalue weighted by Gasteiger charge is 2.14. The fourth-order valence-corrected chi connectivity index (χ4v) is 1.89. The molecule has 1 rings (SSSR count). The lowest BCUT2D eigenvalue weighted by atomic mass is 10.2. The molecule has 0 aromatic carbocycles. The van der Waals surface area contributed by atoms with Gasteiger partial charge >= 0.3 is 0 Å². The minimum Gasteiger partial charge on any atom is -0.392 e. The van der Waals surface area contributed by atoms with E-state index >= 15 is 0 Å². The van der Waals surface area contributed by atoms with Crippen LogP contribution in [-0.2, 0) is 0 Å². The maximum absolute atomic E-state index is 9.01. The number of aliphatic hydroxyl groups is 1. The maximum Gasteiger partial charge on any atom is 0.0631 e. The molecule has 0 amide bonds. The van der Waals surface area contributed by atoms with Crippen molar-refractivity contribution in [3.63, 3.8) is 0 Å². The predicted molar refractivity (Wildman–Crippen MR) is 37.2 cm³/mol. The summed E-state index contributed by atoms with van der Waals surface area (Å²) in [6.07, 6.45) is 2.18. The van der Waals surface area contributed by atoms with Gasteiger partial charge in [-0.15, -0.1) is 0 Å². The Morgan fingerprint density at radius 1 is 1.50 bits per heavy atom. The van der Waals surface area contributed by atoms with E-state index in [4.69, 9.17) is 5.11 Å². The minimum absolute atomic E-state index is 0.0174. The van der Waals surface area contributed by atoms with Gasteiger partial charge in [0.15, 0.2) is 0 Å². The third-order valence-corrected chi connectivity index (χ3v) is 2.86. The molecule has 0 unspecified atom stereocenters. The molecular formula is C6H12OS. The summed E-state index contributed by atoms with van der Waals surface area (Å²) in [6, 6.07) is 0. The summed E-state index contributed by atoms with van der Waals surface area (Å²) < 4.78 is 0. The number of hydrogen-bond acceptors (Lipinski definition) is 2. The highest BCUT2D eigenvalue weighted by molar-refractivity contribution is 7.99. The first-order valence-electron chi connectivity index (χ1n) is 3.08. The van der Waals surface area contributed by atoms with Crippen molar-refractivity contribution in [2.45, 2.75) is 31.1 Å². The molecular weight excluding hydrogens is 120 g/mol. The van der Waals surface area contributed by atoms with E-state index in [1.54, 1.807) is 0 Å². The van der Waals surface area contributed by atoms with Gasteiger partial charge in [-0.3, -0.25) is 0 Å². The Morgan fingerprint density at radius 3 is 2.62 bits per heavy atom. The van der Waals surface area contributed by atoms with Gasteiger partial charge in [-0.1, -0.05) is 6.92 Å². The summed E-state index contributed by atoms with van der Waals surface area (Å²) in [5.74, 6) is 0.946. The van der Waals surface area contributed by atoms with Crippen molar-refractivity contribution in [3.8, 4) is 0 Å². The molecule has 0 spiro atoms. The van der Waals surface area contributed by atoms with E-state index in [1.165, 1.54) is 6.42 Å². The van der Waals surface area contributed by atoms with Gasteiger partial charge in [0.2, 0.25) is 0 Å². The second-order valence-electron chi connectivity index (χ2n) is 2.38. The first-order chi connectivity index (χ1) is 3.79. The van der Waals surface area contributed by atoms with E-state index in [0.717, 1.165) is 17.4 Å². The lowest BCUT2D eigenvalue weighted by Gasteiger charge is -2.21. The Morgan fingerprint density at radius 2 is 2.25 bits per heavy atom. The summed E-state index contributed by atoms with van der Waals surface area (Å²) in [5.41, 5.74) is 0. The second-order valence-corrected chi connectivity index (χ2v) is 3.85. The zero-order chi connectivity index (χ0) is 5.98. The fraction of sp³-hybridized carbons (Fsp3) is 1.00. The Labute approximate surface area is 54.5 Å². The van der Waals surface area contributed by atoms with Crippen molar-refractivity contribution < 1.29 is 5.11 Å². The van der Waals surface area contributed by atoms with Gasteiger partial charge in [-0.25, -0.2) is 0 Å². The maximum atomic E-state index is 9.01. The summed E-state index contributed by atoms with van der Waals surface area (Å²) in [6.45, 7) is 2.22.